The van der Waals surface area contributed by atoms with Gasteiger partial charge in [0.05, 0.1) is 4.90 Å². The highest BCUT2D eigenvalue weighted by atomic mass is 32.2. The van der Waals surface area contributed by atoms with Gasteiger partial charge in [0, 0.05) is 24.5 Å². The monoisotopic (exact) mass is 584 g/mol. The van der Waals surface area contributed by atoms with Crippen molar-refractivity contribution in [3.8, 4) is 11.5 Å². The lowest BCUT2D eigenvalue weighted by molar-refractivity contribution is 0.106. The smallest absolute Gasteiger partial charge is 0.319 e. The molecule has 0 fully saturated rings. The first kappa shape index (κ1) is 31.7. The number of carbonyl (C=O) groups excluding carboxylic acids is 1. The molecule has 0 aromatic heterocycles. The van der Waals surface area contributed by atoms with Crippen molar-refractivity contribution >= 4 is 27.4 Å². The molecule has 222 valence electrons. The van der Waals surface area contributed by atoms with Gasteiger partial charge in [-0.15, -0.1) is 0 Å². The second-order valence-corrected chi connectivity index (χ2v) is 11.4. The first-order valence-electron chi connectivity index (χ1n) is 13.8. The van der Waals surface area contributed by atoms with Crippen molar-refractivity contribution in [2.45, 2.75) is 50.0 Å². The molecule has 2 amide bonds. The van der Waals surface area contributed by atoms with Gasteiger partial charge in [0.2, 0.25) is 0 Å². The zero-order valence-electron chi connectivity index (χ0n) is 23.3. The molecular weight excluding hydrogens is 544 g/mol. The minimum atomic E-state index is -3.86. The van der Waals surface area contributed by atoms with Crippen LogP contribution >= 0.6 is 0 Å². The molecular formula is C30H40N4O6S. The maximum absolute atomic E-state index is 12.9. The first-order chi connectivity index (χ1) is 19.7. The van der Waals surface area contributed by atoms with E-state index in [1.165, 1.54) is 24.3 Å². The number of amides is 2. The fourth-order valence-electron chi connectivity index (χ4n) is 3.92. The minimum absolute atomic E-state index is 0.0412. The van der Waals surface area contributed by atoms with Crippen LogP contribution in [0.5, 0.6) is 11.5 Å². The van der Waals surface area contributed by atoms with E-state index in [4.69, 9.17) is 4.74 Å². The molecule has 3 rings (SSSR count). The lowest BCUT2D eigenvalue weighted by Crippen LogP contribution is -2.32. The van der Waals surface area contributed by atoms with Crippen LogP contribution in [0.15, 0.2) is 77.7 Å². The van der Waals surface area contributed by atoms with Gasteiger partial charge in [-0.2, -0.15) is 0 Å². The van der Waals surface area contributed by atoms with E-state index in [2.05, 4.69) is 27.6 Å². The molecule has 0 spiro atoms. The lowest BCUT2D eigenvalue weighted by Gasteiger charge is -2.13. The molecule has 0 radical (unpaired) electrons. The topological polar surface area (TPSA) is 149 Å². The number of sulfonamides is 1. The summed E-state index contributed by atoms with van der Waals surface area (Å²) in [6.07, 6.45) is 4.19. The van der Waals surface area contributed by atoms with Crippen molar-refractivity contribution in [2.75, 3.05) is 36.3 Å². The molecule has 0 heterocycles. The van der Waals surface area contributed by atoms with Crippen LogP contribution in [0, 0.1) is 0 Å². The maximum atomic E-state index is 12.9. The van der Waals surface area contributed by atoms with Gasteiger partial charge in [0.1, 0.15) is 24.2 Å². The van der Waals surface area contributed by atoms with Crippen molar-refractivity contribution in [1.82, 2.24) is 10.6 Å². The summed E-state index contributed by atoms with van der Waals surface area (Å²) in [5, 5.41) is 28.0. The van der Waals surface area contributed by atoms with Crippen LogP contribution in [-0.2, 0) is 16.4 Å². The zero-order valence-corrected chi connectivity index (χ0v) is 24.1. The summed E-state index contributed by atoms with van der Waals surface area (Å²) in [6.45, 7) is 3.78. The third-order valence-corrected chi connectivity index (χ3v) is 7.55. The van der Waals surface area contributed by atoms with Crippen LogP contribution < -0.4 is 25.4 Å². The molecule has 0 saturated carbocycles. The molecule has 0 aliphatic heterocycles. The fraction of sp³-hybridized carbons (Fsp3) is 0.367. The number of phenolic OH excluding ortho intramolecular Hbond substituents is 1. The van der Waals surface area contributed by atoms with Gasteiger partial charge in [-0.05, 0) is 79.5 Å². The minimum Gasteiger partial charge on any atom is -0.508 e. The molecule has 0 saturated heterocycles. The molecule has 0 unspecified atom stereocenters. The highest BCUT2D eigenvalue weighted by molar-refractivity contribution is 7.92. The van der Waals surface area contributed by atoms with E-state index in [0.29, 0.717) is 43.2 Å². The highest BCUT2D eigenvalue weighted by Crippen LogP contribution is 2.20. The number of ether oxygens (including phenoxy) is 1. The quantitative estimate of drug-likeness (QED) is 0.128. The van der Waals surface area contributed by atoms with Crippen molar-refractivity contribution in [2.24, 2.45) is 0 Å². The van der Waals surface area contributed by atoms with Gasteiger partial charge in [0.25, 0.3) is 10.0 Å². The van der Waals surface area contributed by atoms with Gasteiger partial charge >= 0.3 is 6.03 Å². The predicted octanol–water partition coefficient (Wildman–Crippen LogP) is 4.47. The molecule has 41 heavy (non-hydrogen) atoms. The molecule has 1 atom stereocenters. The molecule has 11 heteroatoms. The Hall–Kier alpha value is -3.80. The summed E-state index contributed by atoms with van der Waals surface area (Å²) in [5.41, 5.74) is 1.81. The number of hydrogen-bond acceptors (Lipinski definition) is 7. The van der Waals surface area contributed by atoms with E-state index < -0.39 is 16.1 Å². The summed E-state index contributed by atoms with van der Waals surface area (Å²) < 4.78 is 33.9. The number of hydrogen-bond donors (Lipinski definition) is 6. The number of aliphatic hydroxyl groups is 1. The molecule has 0 aliphatic carbocycles. The van der Waals surface area contributed by atoms with E-state index in [-0.39, 0.29) is 23.3 Å². The van der Waals surface area contributed by atoms with Crippen molar-refractivity contribution in [3.05, 3.63) is 78.4 Å². The summed E-state index contributed by atoms with van der Waals surface area (Å²) in [7, 11) is -3.86. The van der Waals surface area contributed by atoms with E-state index in [1.54, 1.807) is 36.4 Å². The normalized spacial score (nSPS) is 12.0. The molecule has 10 nitrogen and oxygen atoms in total. The van der Waals surface area contributed by atoms with Gasteiger partial charge < -0.3 is 30.9 Å². The van der Waals surface area contributed by atoms with Crippen LogP contribution in [0.1, 0.15) is 38.2 Å². The number of urea groups is 1. The van der Waals surface area contributed by atoms with Crippen molar-refractivity contribution < 1.29 is 28.2 Å². The molecule has 3 aromatic rings. The second-order valence-electron chi connectivity index (χ2n) is 9.68. The number of carbonyl (C=O) groups is 1. The van der Waals surface area contributed by atoms with Gasteiger partial charge in [-0.1, -0.05) is 44.4 Å². The largest absolute Gasteiger partial charge is 0.508 e. The standard InChI is InChI=1S/C30H40N4O6S/c1-2-3-4-5-18-32-30(37)33-25-7-6-8-29(20-25)41(38,39)34-24-11-9-23(10-12-24)17-19-31-21-27(36)22-40-28-15-13-26(35)14-16-28/h6-16,20,27,31,34-36H,2-5,17-19,21-22H2,1H3,(H2,32,33,37)/t27-/m0/s1. The number of phenols is 1. The summed E-state index contributed by atoms with van der Waals surface area (Å²) in [5.74, 6) is 0.719. The van der Waals surface area contributed by atoms with Crippen LogP contribution in [0.25, 0.3) is 0 Å². The average molecular weight is 585 g/mol. The Bertz CT molecular complexity index is 1320. The Balaban J connectivity index is 1.40. The van der Waals surface area contributed by atoms with Crippen LogP contribution in [0.3, 0.4) is 0 Å². The summed E-state index contributed by atoms with van der Waals surface area (Å²) in [4.78, 5) is 12.2. The molecule has 0 aliphatic rings. The Morgan fingerprint density at radius 2 is 1.68 bits per heavy atom. The number of unbranched alkanes of at least 4 members (excludes halogenated alkanes) is 3. The van der Waals surface area contributed by atoms with Gasteiger partial charge in [-0.3, -0.25) is 4.72 Å². The Kier molecular flexibility index (Phi) is 12.7. The number of nitrogens with one attached hydrogen (secondary N) is 4. The number of anilines is 2. The zero-order chi connectivity index (χ0) is 29.5. The molecule has 0 bridgehead atoms. The summed E-state index contributed by atoms with van der Waals surface area (Å²) >= 11 is 0. The predicted molar refractivity (Wildman–Crippen MR) is 161 cm³/mol. The Morgan fingerprint density at radius 1 is 0.927 bits per heavy atom. The van der Waals surface area contributed by atoms with Crippen molar-refractivity contribution in [3.63, 3.8) is 0 Å². The highest BCUT2D eigenvalue weighted by Gasteiger charge is 2.15. The average Bonchev–Trinajstić information content (AvgIpc) is 2.96. The fourth-order valence-corrected chi connectivity index (χ4v) is 5.02. The Morgan fingerprint density at radius 3 is 2.41 bits per heavy atom. The lowest BCUT2D eigenvalue weighted by atomic mass is 10.1. The van der Waals surface area contributed by atoms with E-state index in [0.717, 1.165) is 31.2 Å². The van der Waals surface area contributed by atoms with Crippen molar-refractivity contribution in [1.29, 1.82) is 0 Å². The maximum Gasteiger partial charge on any atom is 0.319 e. The van der Waals surface area contributed by atoms with Gasteiger partial charge in [0.15, 0.2) is 0 Å². The molecule has 3 aromatic carbocycles. The number of aromatic hydroxyl groups is 1. The summed E-state index contributed by atoms with van der Waals surface area (Å²) in [6, 6.07) is 19.1. The number of benzene rings is 3. The molecule has 6 N–H and O–H groups in total. The van der Waals surface area contributed by atoms with E-state index >= 15 is 0 Å². The van der Waals surface area contributed by atoms with Gasteiger partial charge in [-0.25, -0.2) is 13.2 Å². The van der Waals surface area contributed by atoms with Crippen LogP contribution in [-0.4, -0.2) is 57.0 Å². The first-order valence-corrected chi connectivity index (χ1v) is 15.3. The second kappa shape index (κ2) is 16.5. The Labute approximate surface area is 242 Å². The van der Waals surface area contributed by atoms with E-state index in [1.807, 2.05) is 12.1 Å². The van der Waals surface area contributed by atoms with Crippen LogP contribution in [0.4, 0.5) is 16.2 Å². The number of aliphatic hydroxyl groups excluding tert-OH is 1. The third kappa shape index (κ3) is 11.7. The van der Waals surface area contributed by atoms with Crippen LogP contribution in [0.2, 0.25) is 0 Å². The SMILES string of the molecule is CCCCCCNC(=O)Nc1cccc(S(=O)(=O)Nc2ccc(CCNC[C@H](O)COc3ccc(O)cc3)cc2)c1. The van der Waals surface area contributed by atoms with E-state index in [9.17, 15) is 23.4 Å². The number of rotatable bonds is 17. The third-order valence-electron chi connectivity index (χ3n) is 6.17.